The van der Waals surface area contributed by atoms with Crippen LogP contribution in [0.2, 0.25) is 0 Å². The maximum absolute atomic E-state index is 14.3. The van der Waals surface area contributed by atoms with E-state index in [1.165, 1.54) is 4.68 Å². The van der Waals surface area contributed by atoms with Crippen molar-refractivity contribution in [3.8, 4) is 0 Å². The van der Waals surface area contributed by atoms with E-state index in [1.807, 2.05) is 30.3 Å². The Balaban J connectivity index is 1.41. The highest BCUT2D eigenvalue weighted by Crippen LogP contribution is 2.63. The Bertz CT molecular complexity index is 837. The Morgan fingerprint density at radius 1 is 1.16 bits per heavy atom. The van der Waals surface area contributed by atoms with Crippen LogP contribution in [0.4, 0.5) is 13.2 Å². The Hall–Kier alpha value is -2.18. The van der Waals surface area contributed by atoms with Crippen molar-refractivity contribution >= 4 is 5.78 Å². The van der Waals surface area contributed by atoms with Gasteiger partial charge in [0.25, 0.3) is 0 Å². The number of alkyl halides is 3. The number of carbonyl (C=O) groups excluding carboxylic acids is 1. The Morgan fingerprint density at radius 2 is 1.84 bits per heavy atom. The molecule has 3 aliphatic rings. The van der Waals surface area contributed by atoms with E-state index >= 15 is 0 Å². The van der Waals surface area contributed by atoms with E-state index in [9.17, 15) is 18.0 Å². The number of carbonyl (C=O) groups is 1. The number of ketones is 1. The van der Waals surface area contributed by atoms with E-state index in [2.05, 4.69) is 10.1 Å². The minimum atomic E-state index is -2.65. The molecule has 1 aromatic carbocycles. The highest BCUT2D eigenvalue weighted by molar-refractivity contribution is 5.97. The van der Waals surface area contributed by atoms with Crippen molar-refractivity contribution < 1.29 is 18.0 Å². The van der Waals surface area contributed by atoms with Gasteiger partial charge in [0, 0.05) is 25.2 Å². The number of halogens is 3. The molecule has 2 aromatic rings. The number of nitrogens with zero attached hydrogens (tertiary/aromatic N) is 3. The van der Waals surface area contributed by atoms with Crippen LogP contribution in [0.5, 0.6) is 0 Å². The van der Waals surface area contributed by atoms with Crippen LogP contribution in [0.25, 0.3) is 0 Å². The minimum absolute atomic E-state index is 0.0269. The fourth-order valence-corrected chi connectivity index (χ4v) is 4.55. The molecular formula is C18H16F3N3O. The predicted molar refractivity (Wildman–Crippen MR) is 82.1 cm³/mol. The molecule has 2 saturated carbocycles. The molecule has 4 atom stereocenters. The molecule has 0 N–H and O–H groups in total. The van der Waals surface area contributed by atoms with Crippen LogP contribution < -0.4 is 0 Å². The van der Waals surface area contributed by atoms with E-state index in [1.54, 1.807) is 0 Å². The maximum atomic E-state index is 14.3. The van der Waals surface area contributed by atoms with Gasteiger partial charge >= 0.3 is 0 Å². The summed E-state index contributed by atoms with van der Waals surface area (Å²) in [5.41, 5.74) is 0.913. The first-order valence-corrected chi connectivity index (χ1v) is 8.52. The Kier molecular flexibility index (Phi) is 2.98. The lowest BCUT2D eigenvalue weighted by Crippen LogP contribution is -2.18. The van der Waals surface area contributed by atoms with Crippen molar-refractivity contribution in [2.24, 2.45) is 17.8 Å². The third-order valence-electron chi connectivity index (χ3n) is 5.77. The van der Waals surface area contributed by atoms with Crippen LogP contribution >= 0.6 is 0 Å². The summed E-state index contributed by atoms with van der Waals surface area (Å²) in [4.78, 5) is 16.7. The second kappa shape index (κ2) is 4.93. The molecule has 0 radical (unpaired) electrons. The lowest BCUT2D eigenvalue weighted by molar-refractivity contribution is -0.00732. The summed E-state index contributed by atoms with van der Waals surface area (Å²) in [6, 6.07) is 9.11. The highest BCUT2D eigenvalue weighted by Gasteiger charge is 2.65. The van der Waals surface area contributed by atoms with Gasteiger partial charge in [0.1, 0.15) is 0 Å². The zero-order valence-corrected chi connectivity index (χ0v) is 13.3. The first-order valence-electron chi connectivity index (χ1n) is 8.52. The first kappa shape index (κ1) is 15.1. The van der Waals surface area contributed by atoms with Crippen LogP contribution in [0.15, 0.2) is 30.3 Å². The van der Waals surface area contributed by atoms with E-state index in [4.69, 9.17) is 0 Å². The van der Waals surface area contributed by atoms with Gasteiger partial charge in [0.15, 0.2) is 12.0 Å². The Labute approximate surface area is 142 Å². The SMILES string of the molecule is O=C(c1nc2n(n1)[C@H](c1ccccc1)C[C@@H]2F)C1C2CC(F)(F)CC21. The molecule has 1 aromatic heterocycles. The van der Waals surface area contributed by atoms with E-state index < -0.39 is 18.0 Å². The van der Waals surface area contributed by atoms with E-state index in [0.29, 0.717) is 0 Å². The van der Waals surface area contributed by atoms with Crippen molar-refractivity contribution in [2.45, 2.75) is 37.4 Å². The van der Waals surface area contributed by atoms with Gasteiger partial charge in [0.05, 0.1) is 6.04 Å². The van der Waals surface area contributed by atoms with Gasteiger partial charge in [-0.25, -0.2) is 22.8 Å². The molecule has 2 unspecified atom stereocenters. The molecule has 2 aliphatic carbocycles. The fraction of sp³-hybridized carbons (Fsp3) is 0.500. The second-order valence-corrected chi connectivity index (χ2v) is 7.35. The summed E-state index contributed by atoms with van der Waals surface area (Å²) in [5, 5.41) is 4.25. The first-order chi connectivity index (χ1) is 11.9. The normalized spacial score (nSPS) is 34.6. The summed E-state index contributed by atoms with van der Waals surface area (Å²) < 4.78 is 42.4. The molecule has 2 heterocycles. The summed E-state index contributed by atoms with van der Waals surface area (Å²) in [6.45, 7) is 0. The van der Waals surface area contributed by atoms with Gasteiger partial charge in [-0.2, -0.15) is 0 Å². The van der Waals surface area contributed by atoms with Gasteiger partial charge in [-0.15, -0.1) is 5.10 Å². The van der Waals surface area contributed by atoms with Gasteiger partial charge in [-0.05, 0) is 17.4 Å². The van der Waals surface area contributed by atoms with Crippen molar-refractivity contribution in [3.05, 3.63) is 47.5 Å². The quantitative estimate of drug-likeness (QED) is 0.795. The van der Waals surface area contributed by atoms with Crippen LogP contribution in [-0.4, -0.2) is 26.5 Å². The molecule has 5 rings (SSSR count). The number of rotatable bonds is 3. The second-order valence-electron chi connectivity index (χ2n) is 7.35. The van der Waals surface area contributed by atoms with Crippen LogP contribution in [0, 0.1) is 17.8 Å². The largest absolute Gasteiger partial charge is 0.290 e. The van der Waals surface area contributed by atoms with E-state index in [0.717, 1.165) is 5.56 Å². The van der Waals surface area contributed by atoms with Crippen molar-refractivity contribution in [1.82, 2.24) is 14.8 Å². The van der Waals surface area contributed by atoms with Crippen LogP contribution in [-0.2, 0) is 0 Å². The van der Waals surface area contributed by atoms with Gasteiger partial charge in [-0.3, -0.25) is 4.79 Å². The fourth-order valence-electron chi connectivity index (χ4n) is 4.55. The average molecular weight is 347 g/mol. The average Bonchev–Trinajstić information content (AvgIpc) is 2.94. The number of Topliss-reactive ketones (excluding diaryl/α,β-unsaturated/α-hetero) is 1. The lowest BCUT2D eigenvalue weighted by atomic mass is 10.0. The molecule has 4 nitrogen and oxygen atoms in total. The van der Waals surface area contributed by atoms with Crippen molar-refractivity contribution in [3.63, 3.8) is 0 Å². The summed E-state index contributed by atoms with van der Waals surface area (Å²) in [6.07, 6.45) is -1.50. The molecule has 1 aliphatic heterocycles. The molecule has 0 amide bonds. The number of hydrogen-bond donors (Lipinski definition) is 0. The third-order valence-corrected chi connectivity index (χ3v) is 5.77. The smallest absolute Gasteiger partial charge is 0.248 e. The monoisotopic (exact) mass is 347 g/mol. The molecule has 7 heteroatoms. The Morgan fingerprint density at radius 3 is 2.52 bits per heavy atom. The summed E-state index contributed by atoms with van der Waals surface area (Å²) in [7, 11) is 0. The van der Waals surface area contributed by atoms with Crippen molar-refractivity contribution in [2.75, 3.05) is 0 Å². The number of benzene rings is 1. The molecule has 130 valence electrons. The summed E-state index contributed by atoms with van der Waals surface area (Å²) in [5.74, 6) is -3.80. The minimum Gasteiger partial charge on any atom is -0.290 e. The van der Waals surface area contributed by atoms with E-state index in [-0.39, 0.29) is 54.6 Å². The number of aromatic nitrogens is 3. The topological polar surface area (TPSA) is 47.8 Å². The summed E-state index contributed by atoms with van der Waals surface area (Å²) >= 11 is 0. The van der Waals surface area contributed by atoms with Crippen LogP contribution in [0.1, 0.15) is 53.5 Å². The molecular weight excluding hydrogens is 331 g/mol. The van der Waals surface area contributed by atoms with Gasteiger partial charge in [0.2, 0.25) is 17.5 Å². The van der Waals surface area contributed by atoms with Crippen LogP contribution in [0.3, 0.4) is 0 Å². The molecule has 0 saturated heterocycles. The van der Waals surface area contributed by atoms with Gasteiger partial charge < -0.3 is 0 Å². The van der Waals surface area contributed by atoms with Gasteiger partial charge in [-0.1, -0.05) is 30.3 Å². The zero-order valence-electron chi connectivity index (χ0n) is 13.3. The predicted octanol–water partition coefficient (Wildman–Crippen LogP) is 3.76. The molecule has 2 fully saturated rings. The molecule has 0 spiro atoms. The standard InChI is InChI=1S/C18H16F3N3O/c19-12-6-13(9-4-2-1-3-5-9)24-17(12)22-16(23-24)15(25)14-10-7-18(20,21)8-11(10)14/h1-5,10-14H,6-8H2/t10?,11?,12-,13-,14?/m0/s1. The number of fused-ring (bicyclic) bond motifs is 2. The van der Waals surface area contributed by atoms with Crippen molar-refractivity contribution in [1.29, 1.82) is 0 Å². The highest BCUT2D eigenvalue weighted by atomic mass is 19.3. The lowest BCUT2D eigenvalue weighted by Gasteiger charge is -2.12. The maximum Gasteiger partial charge on any atom is 0.248 e. The zero-order chi connectivity index (χ0) is 17.3. The third kappa shape index (κ3) is 2.24. The molecule has 25 heavy (non-hydrogen) atoms. The number of hydrogen-bond acceptors (Lipinski definition) is 3. The molecule has 0 bridgehead atoms.